The van der Waals surface area contributed by atoms with Crippen molar-refractivity contribution in [1.82, 2.24) is 15.1 Å². The number of hydrogen-bond donors (Lipinski definition) is 1. The van der Waals surface area contributed by atoms with Crippen LogP contribution in [0.4, 0.5) is 0 Å². The summed E-state index contributed by atoms with van der Waals surface area (Å²) in [5.74, 6) is 0.928. The second-order valence-electron chi connectivity index (χ2n) is 7.21. The van der Waals surface area contributed by atoms with Crippen LogP contribution in [0, 0.1) is 6.92 Å². The van der Waals surface area contributed by atoms with Gasteiger partial charge in [-0.2, -0.15) is 5.10 Å². The number of carbonyl (C=O) groups excluding carboxylic acids is 1. The molecule has 1 atom stereocenters. The van der Waals surface area contributed by atoms with Gasteiger partial charge in [0.15, 0.2) is 0 Å². The van der Waals surface area contributed by atoms with Crippen molar-refractivity contribution in [3.05, 3.63) is 47.8 Å². The molecule has 6 heteroatoms. The Balaban J connectivity index is 1.47. The molecule has 0 aliphatic carbocycles. The van der Waals surface area contributed by atoms with Crippen molar-refractivity contribution in [3.8, 4) is 5.75 Å². The van der Waals surface area contributed by atoms with Gasteiger partial charge >= 0.3 is 0 Å². The number of nitrogens with one attached hydrogen (secondary N) is 1. The van der Waals surface area contributed by atoms with Gasteiger partial charge in [0, 0.05) is 49.7 Å². The Morgan fingerprint density at radius 3 is 2.88 bits per heavy atom. The third-order valence-corrected chi connectivity index (χ3v) is 5.42. The molecule has 0 bridgehead atoms. The predicted octanol–water partition coefficient (Wildman–Crippen LogP) is 2.77. The lowest BCUT2D eigenvalue weighted by molar-refractivity contribution is -0.123. The SMILES string of the molecule is Cc1ccnn1CCC(=O)NC1CC2(CCOCC2)Oc2ccccc21. The van der Waals surface area contributed by atoms with E-state index in [2.05, 4.69) is 10.4 Å². The molecule has 1 amide bonds. The summed E-state index contributed by atoms with van der Waals surface area (Å²) in [7, 11) is 0. The summed E-state index contributed by atoms with van der Waals surface area (Å²) >= 11 is 0. The molecule has 26 heavy (non-hydrogen) atoms. The molecule has 1 unspecified atom stereocenters. The van der Waals surface area contributed by atoms with Gasteiger partial charge in [-0.3, -0.25) is 9.48 Å². The highest BCUT2D eigenvalue weighted by Crippen LogP contribution is 2.43. The van der Waals surface area contributed by atoms with Crippen molar-refractivity contribution in [1.29, 1.82) is 0 Å². The average molecular weight is 355 g/mol. The number of aryl methyl sites for hydroxylation is 2. The summed E-state index contributed by atoms with van der Waals surface area (Å²) in [6, 6.07) is 9.95. The molecule has 1 fully saturated rings. The lowest BCUT2D eigenvalue weighted by Crippen LogP contribution is -2.48. The van der Waals surface area contributed by atoms with E-state index in [1.807, 2.05) is 41.9 Å². The van der Waals surface area contributed by atoms with E-state index in [-0.39, 0.29) is 17.6 Å². The summed E-state index contributed by atoms with van der Waals surface area (Å²) in [5, 5.41) is 7.47. The van der Waals surface area contributed by atoms with Gasteiger partial charge in [0.2, 0.25) is 5.91 Å². The summed E-state index contributed by atoms with van der Waals surface area (Å²) < 4.78 is 13.7. The fourth-order valence-electron chi connectivity index (χ4n) is 3.90. The number of para-hydroxylation sites is 1. The number of hydrogen-bond acceptors (Lipinski definition) is 4. The summed E-state index contributed by atoms with van der Waals surface area (Å²) in [6.07, 6.45) is 4.69. The van der Waals surface area contributed by atoms with Gasteiger partial charge in [0.05, 0.1) is 19.3 Å². The third-order valence-electron chi connectivity index (χ3n) is 5.42. The Bertz CT molecular complexity index is 780. The highest BCUT2D eigenvalue weighted by Gasteiger charge is 2.42. The molecular formula is C20H25N3O3. The van der Waals surface area contributed by atoms with Crippen molar-refractivity contribution in [2.45, 2.75) is 50.8 Å². The maximum Gasteiger partial charge on any atom is 0.222 e. The lowest BCUT2D eigenvalue weighted by atomic mass is 9.82. The Hall–Kier alpha value is -2.34. The number of aromatic nitrogens is 2. The molecule has 4 rings (SSSR count). The first-order chi connectivity index (χ1) is 12.7. The lowest BCUT2D eigenvalue weighted by Gasteiger charge is -2.44. The van der Waals surface area contributed by atoms with Gasteiger partial charge in [0.25, 0.3) is 0 Å². The van der Waals surface area contributed by atoms with E-state index < -0.39 is 0 Å². The van der Waals surface area contributed by atoms with E-state index in [9.17, 15) is 4.79 Å². The Morgan fingerprint density at radius 1 is 1.31 bits per heavy atom. The Kier molecular flexibility index (Phi) is 4.68. The van der Waals surface area contributed by atoms with Crippen LogP contribution < -0.4 is 10.1 Å². The van der Waals surface area contributed by atoms with E-state index >= 15 is 0 Å². The minimum atomic E-state index is -0.233. The molecule has 138 valence electrons. The zero-order valence-corrected chi connectivity index (χ0v) is 15.1. The van der Waals surface area contributed by atoms with Crippen LogP contribution in [0.5, 0.6) is 5.75 Å². The van der Waals surface area contributed by atoms with Crippen LogP contribution in [0.25, 0.3) is 0 Å². The van der Waals surface area contributed by atoms with Gasteiger partial charge in [0.1, 0.15) is 11.4 Å². The minimum Gasteiger partial charge on any atom is -0.487 e. The molecular weight excluding hydrogens is 330 g/mol. The molecule has 0 radical (unpaired) electrons. The van der Waals surface area contributed by atoms with Crippen LogP contribution >= 0.6 is 0 Å². The van der Waals surface area contributed by atoms with Crippen LogP contribution in [0.15, 0.2) is 36.5 Å². The third kappa shape index (κ3) is 3.46. The fraction of sp³-hybridized carbons (Fsp3) is 0.500. The average Bonchev–Trinajstić information content (AvgIpc) is 3.05. The van der Waals surface area contributed by atoms with Gasteiger partial charge in [-0.1, -0.05) is 18.2 Å². The summed E-state index contributed by atoms with van der Waals surface area (Å²) in [5.41, 5.74) is 1.90. The van der Waals surface area contributed by atoms with Crippen molar-refractivity contribution >= 4 is 5.91 Å². The van der Waals surface area contributed by atoms with E-state index in [0.717, 1.165) is 36.3 Å². The first kappa shape index (κ1) is 17.1. The number of benzene rings is 1. The maximum absolute atomic E-state index is 12.6. The molecule has 1 aromatic heterocycles. The summed E-state index contributed by atoms with van der Waals surface area (Å²) in [4.78, 5) is 12.6. The van der Waals surface area contributed by atoms with Gasteiger partial charge in [-0.15, -0.1) is 0 Å². The molecule has 1 aromatic carbocycles. The zero-order chi connectivity index (χ0) is 18.0. The van der Waals surface area contributed by atoms with Crippen LogP contribution in [0.1, 0.15) is 43.0 Å². The highest BCUT2D eigenvalue weighted by molar-refractivity contribution is 5.76. The monoisotopic (exact) mass is 355 g/mol. The highest BCUT2D eigenvalue weighted by atomic mass is 16.5. The molecule has 1 saturated heterocycles. The standard InChI is InChI=1S/C20H25N3O3/c1-15-6-10-21-23(15)11-7-19(24)22-17-14-20(8-12-25-13-9-20)26-18-5-3-2-4-16(17)18/h2-6,10,17H,7-9,11-14H2,1H3,(H,22,24). The molecule has 2 aliphatic heterocycles. The van der Waals surface area contributed by atoms with Crippen molar-refractivity contribution in [3.63, 3.8) is 0 Å². The van der Waals surface area contributed by atoms with E-state index in [0.29, 0.717) is 26.2 Å². The van der Waals surface area contributed by atoms with E-state index in [4.69, 9.17) is 9.47 Å². The van der Waals surface area contributed by atoms with Crippen molar-refractivity contribution in [2.75, 3.05) is 13.2 Å². The molecule has 6 nitrogen and oxygen atoms in total. The number of carbonyl (C=O) groups is 1. The maximum atomic E-state index is 12.6. The first-order valence-corrected chi connectivity index (χ1v) is 9.29. The second-order valence-corrected chi connectivity index (χ2v) is 7.21. The smallest absolute Gasteiger partial charge is 0.222 e. The molecule has 1 N–H and O–H groups in total. The van der Waals surface area contributed by atoms with E-state index in [1.54, 1.807) is 6.20 Å². The zero-order valence-electron chi connectivity index (χ0n) is 15.1. The fourth-order valence-corrected chi connectivity index (χ4v) is 3.90. The number of rotatable bonds is 4. The topological polar surface area (TPSA) is 65.4 Å². The van der Waals surface area contributed by atoms with Crippen LogP contribution in [-0.4, -0.2) is 34.5 Å². The number of nitrogens with zero attached hydrogens (tertiary/aromatic N) is 2. The molecule has 3 heterocycles. The molecule has 2 aromatic rings. The number of amides is 1. The largest absolute Gasteiger partial charge is 0.487 e. The van der Waals surface area contributed by atoms with Crippen LogP contribution in [0.2, 0.25) is 0 Å². The second kappa shape index (κ2) is 7.11. The Morgan fingerprint density at radius 2 is 2.12 bits per heavy atom. The van der Waals surface area contributed by atoms with Gasteiger partial charge in [-0.05, 0) is 19.1 Å². The van der Waals surface area contributed by atoms with Crippen LogP contribution in [0.3, 0.4) is 0 Å². The number of ether oxygens (including phenoxy) is 2. The molecule has 2 aliphatic rings. The first-order valence-electron chi connectivity index (χ1n) is 9.29. The van der Waals surface area contributed by atoms with Crippen LogP contribution in [-0.2, 0) is 16.1 Å². The quantitative estimate of drug-likeness (QED) is 0.916. The van der Waals surface area contributed by atoms with Gasteiger partial charge < -0.3 is 14.8 Å². The molecule has 0 saturated carbocycles. The number of fused-ring (bicyclic) bond motifs is 1. The normalized spacial score (nSPS) is 21.0. The van der Waals surface area contributed by atoms with Gasteiger partial charge in [-0.25, -0.2) is 0 Å². The minimum absolute atomic E-state index is 0.0238. The van der Waals surface area contributed by atoms with Crippen molar-refractivity contribution < 1.29 is 14.3 Å². The van der Waals surface area contributed by atoms with Crippen molar-refractivity contribution in [2.24, 2.45) is 0 Å². The predicted molar refractivity (Wildman–Crippen MR) is 96.9 cm³/mol. The Labute approximate surface area is 153 Å². The summed E-state index contributed by atoms with van der Waals surface area (Å²) in [6.45, 7) is 4.01. The molecule has 1 spiro atoms. The van der Waals surface area contributed by atoms with E-state index in [1.165, 1.54) is 0 Å².